The second kappa shape index (κ2) is 5.16. The van der Waals surface area contributed by atoms with Crippen molar-refractivity contribution in [3.8, 4) is 0 Å². The van der Waals surface area contributed by atoms with Crippen LogP contribution in [0.25, 0.3) is 0 Å². The Morgan fingerprint density at radius 2 is 2.06 bits per heavy atom. The number of hydrogen-bond donors (Lipinski definition) is 1. The molecule has 0 aromatic carbocycles. The summed E-state index contributed by atoms with van der Waals surface area (Å²) in [6.07, 6.45) is 4.07. The highest BCUT2D eigenvalue weighted by molar-refractivity contribution is 8.13. The van der Waals surface area contributed by atoms with Crippen LogP contribution in [0.5, 0.6) is 0 Å². The van der Waals surface area contributed by atoms with Crippen LogP contribution in [-0.4, -0.2) is 60.1 Å². The van der Waals surface area contributed by atoms with Gasteiger partial charge in [0.2, 0.25) is 0 Å². The number of fused-ring (bicyclic) bond motifs is 1. The summed E-state index contributed by atoms with van der Waals surface area (Å²) in [7, 11) is 2.19. The number of thioether (sulfide) groups is 1. The molecule has 0 radical (unpaired) electrons. The molecule has 0 spiro atoms. The molecule has 2 aliphatic heterocycles. The minimum absolute atomic E-state index is 0.617. The Balaban J connectivity index is 1.55. The van der Waals surface area contributed by atoms with Gasteiger partial charge in [-0.05, 0) is 25.8 Å². The van der Waals surface area contributed by atoms with Crippen LogP contribution in [0, 0.1) is 5.92 Å². The van der Waals surface area contributed by atoms with E-state index < -0.39 is 0 Å². The molecule has 5 heteroatoms. The molecule has 4 nitrogen and oxygen atoms in total. The number of hydrazine groups is 1. The zero-order valence-corrected chi connectivity index (χ0v) is 11.4. The monoisotopic (exact) mass is 254 g/mol. The number of likely N-dealkylation sites (N-methyl/N-ethyl adjacent to an activating group) is 1. The normalized spacial score (nSPS) is 35.5. The zero-order chi connectivity index (χ0) is 11.7. The van der Waals surface area contributed by atoms with Crippen molar-refractivity contribution in [2.24, 2.45) is 10.9 Å². The number of piperazine rings is 1. The summed E-state index contributed by atoms with van der Waals surface area (Å²) in [4.78, 5) is 7.25. The zero-order valence-electron chi connectivity index (χ0n) is 10.6. The molecule has 0 aromatic rings. The summed E-state index contributed by atoms with van der Waals surface area (Å²) in [5.74, 6) is 2.13. The molecule has 0 bridgehead atoms. The van der Waals surface area contributed by atoms with E-state index in [1.807, 2.05) is 11.8 Å². The Bertz CT molecular complexity index is 299. The van der Waals surface area contributed by atoms with Gasteiger partial charge in [0.1, 0.15) is 0 Å². The maximum absolute atomic E-state index is 4.87. The van der Waals surface area contributed by atoms with Gasteiger partial charge in [0.05, 0.1) is 6.04 Å². The van der Waals surface area contributed by atoms with E-state index in [4.69, 9.17) is 4.99 Å². The van der Waals surface area contributed by atoms with Crippen molar-refractivity contribution in [2.75, 3.05) is 39.0 Å². The lowest BCUT2D eigenvalue weighted by atomic mass is 10.1. The quantitative estimate of drug-likeness (QED) is 0.757. The van der Waals surface area contributed by atoms with E-state index in [1.165, 1.54) is 25.0 Å². The molecule has 3 aliphatic rings. The second-order valence-electron chi connectivity index (χ2n) is 5.41. The second-order valence-corrected chi connectivity index (χ2v) is 6.41. The molecule has 17 heavy (non-hydrogen) atoms. The third kappa shape index (κ3) is 2.77. The molecule has 96 valence electrons. The van der Waals surface area contributed by atoms with E-state index in [9.17, 15) is 0 Å². The molecule has 0 aromatic heterocycles. The average molecular weight is 254 g/mol. The van der Waals surface area contributed by atoms with E-state index in [1.54, 1.807) is 0 Å². The van der Waals surface area contributed by atoms with Gasteiger partial charge in [0.15, 0.2) is 5.17 Å². The topological polar surface area (TPSA) is 30.9 Å². The number of nitrogens with zero attached hydrogens (tertiary/aromatic N) is 3. The average Bonchev–Trinajstić information content (AvgIpc) is 2.79. The molecular formula is C12H22N4S. The summed E-state index contributed by atoms with van der Waals surface area (Å²) in [5, 5.41) is 3.49. The summed E-state index contributed by atoms with van der Waals surface area (Å²) in [5.41, 5.74) is 3.51. The number of rotatable bonds is 1. The summed E-state index contributed by atoms with van der Waals surface area (Å²) < 4.78 is 0. The van der Waals surface area contributed by atoms with Crippen LogP contribution in [0.4, 0.5) is 0 Å². The maximum Gasteiger partial charge on any atom is 0.171 e. The van der Waals surface area contributed by atoms with Crippen molar-refractivity contribution < 1.29 is 0 Å². The predicted molar refractivity (Wildman–Crippen MR) is 73.2 cm³/mol. The van der Waals surface area contributed by atoms with Crippen LogP contribution < -0.4 is 5.43 Å². The lowest BCUT2D eigenvalue weighted by molar-refractivity contribution is 0.131. The lowest BCUT2D eigenvalue weighted by Crippen LogP contribution is -2.52. The fraction of sp³-hybridized carbons (Fsp3) is 0.917. The smallest absolute Gasteiger partial charge is 0.171 e. The minimum atomic E-state index is 0.617. The van der Waals surface area contributed by atoms with E-state index in [0.29, 0.717) is 6.04 Å². The Morgan fingerprint density at radius 1 is 1.24 bits per heavy atom. The van der Waals surface area contributed by atoms with Gasteiger partial charge in [-0.15, -0.1) is 0 Å². The fourth-order valence-electron chi connectivity index (χ4n) is 2.87. The molecule has 2 heterocycles. The highest BCUT2D eigenvalue weighted by Gasteiger charge is 2.31. The number of nitrogens with one attached hydrogen (secondary N) is 1. The molecule has 1 saturated carbocycles. The summed E-state index contributed by atoms with van der Waals surface area (Å²) in [6.45, 7) is 4.50. The van der Waals surface area contributed by atoms with Gasteiger partial charge in [-0.25, -0.2) is 5.01 Å². The first-order chi connectivity index (χ1) is 8.31. The van der Waals surface area contributed by atoms with Crippen LogP contribution in [-0.2, 0) is 0 Å². The van der Waals surface area contributed by atoms with E-state index in [2.05, 4.69) is 22.4 Å². The van der Waals surface area contributed by atoms with E-state index >= 15 is 0 Å². The maximum atomic E-state index is 4.87. The highest BCUT2D eigenvalue weighted by Crippen LogP contribution is 2.34. The fourth-order valence-corrected chi connectivity index (χ4v) is 4.03. The van der Waals surface area contributed by atoms with E-state index in [0.717, 1.165) is 37.3 Å². The number of aliphatic imine (C=N–C) groups is 1. The Hall–Kier alpha value is -0.260. The molecule has 3 rings (SSSR count). The SMILES string of the molecule is CN1CCN(NC2=NC3CCCC3CS2)CC1. The molecule has 1 saturated heterocycles. The van der Waals surface area contributed by atoms with Gasteiger partial charge in [0, 0.05) is 31.9 Å². The van der Waals surface area contributed by atoms with E-state index in [-0.39, 0.29) is 0 Å². The molecule has 0 amide bonds. The summed E-state index contributed by atoms with van der Waals surface area (Å²) in [6, 6.07) is 0.617. The first-order valence-corrected chi connectivity index (χ1v) is 7.70. The van der Waals surface area contributed by atoms with Crippen LogP contribution in [0.3, 0.4) is 0 Å². The van der Waals surface area contributed by atoms with Crippen molar-refractivity contribution in [1.29, 1.82) is 0 Å². The first kappa shape index (κ1) is 11.8. The minimum Gasteiger partial charge on any atom is -0.304 e. The molecule has 2 unspecified atom stereocenters. The van der Waals surface area contributed by atoms with Crippen molar-refractivity contribution in [3.63, 3.8) is 0 Å². The Kier molecular flexibility index (Phi) is 3.59. The Labute approximate surface area is 108 Å². The van der Waals surface area contributed by atoms with Gasteiger partial charge in [-0.2, -0.15) is 0 Å². The van der Waals surface area contributed by atoms with Crippen molar-refractivity contribution in [1.82, 2.24) is 15.3 Å². The van der Waals surface area contributed by atoms with Gasteiger partial charge in [-0.3, -0.25) is 10.4 Å². The van der Waals surface area contributed by atoms with Crippen molar-refractivity contribution in [2.45, 2.75) is 25.3 Å². The molecular weight excluding hydrogens is 232 g/mol. The number of amidine groups is 1. The third-order valence-corrected chi connectivity index (χ3v) is 5.16. The Morgan fingerprint density at radius 3 is 2.88 bits per heavy atom. The van der Waals surface area contributed by atoms with Gasteiger partial charge in [0.25, 0.3) is 0 Å². The van der Waals surface area contributed by atoms with Crippen molar-refractivity contribution in [3.05, 3.63) is 0 Å². The molecule has 1 N–H and O–H groups in total. The predicted octanol–water partition coefficient (Wildman–Crippen LogP) is 1.01. The van der Waals surface area contributed by atoms with Gasteiger partial charge in [-0.1, -0.05) is 18.2 Å². The van der Waals surface area contributed by atoms with Gasteiger partial charge < -0.3 is 4.90 Å². The molecule has 1 aliphatic carbocycles. The van der Waals surface area contributed by atoms with Crippen LogP contribution >= 0.6 is 11.8 Å². The van der Waals surface area contributed by atoms with Gasteiger partial charge >= 0.3 is 0 Å². The first-order valence-electron chi connectivity index (χ1n) is 6.72. The van der Waals surface area contributed by atoms with Crippen LogP contribution in [0.2, 0.25) is 0 Å². The summed E-state index contributed by atoms with van der Waals surface area (Å²) >= 11 is 1.92. The van der Waals surface area contributed by atoms with Crippen LogP contribution in [0.1, 0.15) is 19.3 Å². The standard InChI is InChI=1S/C12H22N4S/c1-15-5-7-16(8-6-15)14-12-13-11-4-2-3-10(11)9-17-12/h10-11H,2-9H2,1H3,(H,13,14). The lowest BCUT2D eigenvalue weighted by Gasteiger charge is -2.34. The molecule has 2 atom stereocenters. The van der Waals surface area contributed by atoms with Crippen molar-refractivity contribution >= 4 is 16.9 Å². The van der Waals surface area contributed by atoms with Crippen LogP contribution in [0.15, 0.2) is 4.99 Å². The largest absolute Gasteiger partial charge is 0.304 e. The number of hydrogen-bond acceptors (Lipinski definition) is 5. The molecule has 2 fully saturated rings. The highest BCUT2D eigenvalue weighted by atomic mass is 32.2. The third-order valence-electron chi connectivity index (χ3n) is 4.09.